The number of nitrogens with zero attached hydrogens (tertiary/aromatic N) is 2. The Labute approximate surface area is 171 Å². The van der Waals surface area contributed by atoms with Crippen LogP contribution >= 0.6 is 34.7 Å². The van der Waals surface area contributed by atoms with Gasteiger partial charge in [-0.3, -0.25) is 4.79 Å². The van der Waals surface area contributed by atoms with Crippen molar-refractivity contribution in [2.45, 2.75) is 20.4 Å². The molecule has 0 saturated heterocycles. The van der Waals surface area contributed by atoms with Gasteiger partial charge in [-0.25, -0.2) is 0 Å². The number of benzene rings is 2. The second-order valence-electron chi connectivity index (χ2n) is 6.18. The minimum atomic E-state index is -0.303. The van der Waals surface area contributed by atoms with Crippen molar-refractivity contribution in [2.24, 2.45) is 4.99 Å². The highest BCUT2D eigenvalue weighted by molar-refractivity contribution is 7.98. The summed E-state index contributed by atoms with van der Waals surface area (Å²) < 4.78 is 8.79. The number of hydrogen-bond acceptors (Lipinski definition) is 4. The predicted molar refractivity (Wildman–Crippen MR) is 115 cm³/mol. The fourth-order valence-corrected chi connectivity index (χ4v) is 4.26. The number of aromatic nitrogens is 1. The van der Waals surface area contributed by atoms with E-state index >= 15 is 0 Å². The SMILES string of the molecule is CSCCn1c(=NC(=O)COc2ccc(Cl)cc2)sc2cc(C)c(C)cc21. The summed E-state index contributed by atoms with van der Waals surface area (Å²) in [6.45, 7) is 4.92. The Morgan fingerprint density at radius 1 is 1.22 bits per heavy atom. The van der Waals surface area contributed by atoms with Gasteiger partial charge < -0.3 is 9.30 Å². The molecule has 1 heterocycles. The molecule has 0 aliphatic heterocycles. The summed E-state index contributed by atoms with van der Waals surface area (Å²) in [6, 6.07) is 11.3. The lowest BCUT2D eigenvalue weighted by atomic mass is 10.1. The lowest BCUT2D eigenvalue weighted by Crippen LogP contribution is -2.20. The van der Waals surface area contributed by atoms with Crippen LogP contribution in [0.4, 0.5) is 0 Å². The molecule has 4 nitrogen and oxygen atoms in total. The van der Waals surface area contributed by atoms with Crippen LogP contribution in [-0.2, 0) is 11.3 Å². The van der Waals surface area contributed by atoms with E-state index in [9.17, 15) is 4.79 Å². The summed E-state index contributed by atoms with van der Waals surface area (Å²) >= 11 is 9.17. The van der Waals surface area contributed by atoms with Gasteiger partial charge in [-0.05, 0) is 67.6 Å². The zero-order chi connectivity index (χ0) is 19.4. The molecule has 0 N–H and O–H groups in total. The second kappa shape index (κ2) is 8.95. The topological polar surface area (TPSA) is 43.6 Å². The van der Waals surface area contributed by atoms with Gasteiger partial charge in [0, 0.05) is 17.3 Å². The first-order chi connectivity index (χ1) is 13.0. The van der Waals surface area contributed by atoms with Crippen LogP contribution in [0.3, 0.4) is 0 Å². The Bertz CT molecular complexity index is 1020. The molecule has 0 fully saturated rings. The van der Waals surface area contributed by atoms with Crippen molar-refractivity contribution in [1.82, 2.24) is 4.57 Å². The number of hydrogen-bond donors (Lipinski definition) is 0. The van der Waals surface area contributed by atoms with E-state index in [1.165, 1.54) is 11.1 Å². The third kappa shape index (κ3) is 4.94. The van der Waals surface area contributed by atoms with Gasteiger partial charge >= 0.3 is 0 Å². The molecule has 0 bridgehead atoms. The lowest BCUT2D eigenvalue weighted by molar-refractivity contribution is -0.120. The first-order valence-electron chi connectivity index (χ1n) is 8.53. The Morgan fingerprint density at radius 3 is 2.63 bits per heavy atom. The standard InChI is InChI=1S/C20H21ClN2O2S2/c1-13-10-17-18(11-14(13)2)27-20(23(17)8-9-26-3)22-19(24)12-25-16-6-4-15(21)5-7-16/h4-7,10-11H,8-9,12H2,1-3H3. The highest BCUT2D eigenvalue weighted by Crippen LogP contribution is 2.22. The van der Waals surface area contributed by atoms with Crippen LogP contribution in [0.25, 0.3) is 10.2 Å². The Morgan fingerprint density at radius 2 is 1.93 bits per heavy atom. The molecule has 2 aromatic carbocycles. The molecule has 0 saturated carbocycles. The number of amides is 1. The average Bonchev–Trinajstić information content (AvgIpc) is 2.96. The van der Waals surface area contributed by atoms with Crippen molar-refractivity contribution < 1.29 is 9.53 Å². The van der Waals surface area contributed by atoms with E-state index in [4.69, 9.17) is 16.3 Å². The number of halogens is 1. The fraction of sp³-hybridized carbons (Fsp3) is 0.300. The van der Waals surface area contributed by atoms with Crippen molar-refractivity contribution in [3.05, 3.63) is 57.3 Å². The molecule has 1 aromatic heterocycles. The molecular formula is C20H21ClN2O2S2. The third-order valence-electron chi connectivity index (χ3n) is 4.21. The summed E-state index contributed by atoms with van der Waals surface area (Å²) in [5.74, 6) is 1.25. The summed E-state index contributed by atoms with van der Waals surface area (Å²) in [7, 11) is 0. The largest absolute Gasteiger partial charge is 0.484 e. The van der Waals surface area contributed by atoms with Gasteiger partial charge in [-0.15, -0.1) is 0 Å². The van der Waals surface area contributed by atoms with Crippen LogP contribution in [0.1, 0.15) is 11.1 Å². The van der Waals surface area contributed by atoms with Crippen LogP contribution in [0.15, 0.2) is 41.4 Å². The molecule has 1 amide bonds. The molecule has 0 aliphatic carbocycles. The van der Waals surface area contributed by atoms with E-state index in [-0.39, 0.29) is 12.5 Å². The number of fused-ring (bicyclic) bond motifs is 1. The first kappa shape index (κ1) is 20.0. The molecular weight excluding hydrogens is 400 g/mol. The summed E-state index contributed by atoms with van der Waals surface area (Å²) in [5, 5.41) is 0.629. The molecule has 3 rings (SSSR count). The number of carbonyl (C=O) groups excluding carboxylic acids is 1. The maximum Gasteiger partial charge on any atom is 0.286 e. The molecule has 3 aromatic rings. The van der Waals surface area contributed by atoms with Crippen LogP contribution in [-0.4, -0.2) is 29.1 Å². The quantitative estimate of drug-likeness (QED) is 0.573. The van der Waals surface area contributed by atoms with Crippen molar-refractivity contribution >= 4 is 50.8 Å². The summed E-state index contributed by atoms with van der Waals surface area (Å²) in [4.78, 5) is 17.4. The normalized spacial score (nSPS) is 11.9. The Kier molecular flexibility index (Phi) is 6.63. The first-order valence-corrected chi connectivity index (χ1v) is 11.1. The minimum absolute atomic E-state index is 0.101. The van der Waals surface area contributed by atoms with E-state index in [1.807, 2.05) is 0 Å². The monoisotopic (exact) mass is 420 g/mol. The molecule has 0 spiro atoms. The number of thioether (sulfide) groups is 1. The van der Waals surface area contributed by atoms with E-state index in [0.717, 1.165) is 22.5 Å². The Balaban J connectivity index is 1.88. The Hall–Kier alpha value is -1.76. The zero-order valence-electron chi connectivity index (χ0n) is 15.5. The number of thiazole rings is 1. The van der Waals surface area contributed by atoms with Crippen molar-refractivity contribution in [1.29, 1.82) is 0 Å². The molecule has 0 unspecified atom stereocenters. The molecule has 0 aliphatic rings. The van der Waals surface area contributed by atoms with Gasteiger partial charge in [0.2, 0.25) is 0 Å². The maximum atomic E-state index is 12.4. The minimum Gasteiger partial charge on any atom is -0.484 e. The maximum absolute atomic E-state index is 12.4. The summed E-state index contributed by atoms with van der Waals surface area (Å²) in [6.07, 6.45) is 2.08. The number of carbonyl (C=O) groups is 1. The van der Waals surface area contributed by atoms with E-state index < -0.39 is 0 Å². The van der Waals surface area contributed by atoms with Crippen LogP contribution < -0.4 is 9.54 Å². The van der Waals surface area contributed by atoms with Crippen LogP contribution in [0.2, 0.25) is 5.02 Å². The van der Waals surface area contributed by atoms with Gasteiger partial charge in [-0.1, -0.05) is 22.9 Å². The lowest BCUT2D eigenvalue weighted by Gasteiger charge is -2.06. The van der Waals surface area contributed by atoms with E-state index in [2.05, 4.69) is 41.8 Å². The molecule has 27 heavy (non-hydrogen) atoms. The van der Waals surface area contributed by atoms with Gasteiger partial charge in [-0.2, -0.15) is 16.8 Å². The van der Waals surface area contributed by atoms with Crippen molar-refractivity contribution in [3.8, 4) is 5.75 Å². The van der Waals surface area contributed by atoms with E-state index in [1.54, 1.807) is 47.4 Å². The zero-order valence-corrected chi connectivity index (χ0v) is 17.9. The number of aryl methyl sites for hydroxylation is 3. The number of ether oxygens (including phenoxy) is 1. The van der Waals surface area contributed by atoms with Gasteiger partial charge in [0.15, 0.2) is 11.4 Å². The van der Waals surface area contributed by atoms with Crippen molar-refractivity contribution in [3.63, 3.8) is 0 Å². The second-order valence-corrected chi connectivity index (χ2v) is 8.61. The molecule has 0 atom stereocenters. The molecule has 142 valence electrons. The molecule has 7 heteroatoms. The van der Waals surface area contributed by atoms with Gasteiger partial charge in [0.1, 0.15) is 5.75 Å². The fourth-order valence-electron chi connectivity index (χ4n) is 2.62. The highest BCUT2D eigenvalue weighted by Gasteiger charge is 2.10. The van der Waals surface area contributed by atoms with Crippen LogP contribution in [0.5, 0.6) is 5.75 Å². The van der Waals surface area contributed by atoms with E-state index in [0.29, 0.717) is 15.6 Å². The third-order valence-corrected chi connectivity index (χ3v) is 6.10. The van der Waals surface area contributed by atoms with Crippen molar-refractivity contribution in [2.75, 3.05) is 18.6 Å². The predicted octanol–water partition coefficient (Wildman–Crippen LogP) is 4.84. The smallest absolute Gasteiger partial charge is 0.286 e. The summed E-state index contributed by atoms with van der Waals surface area (Å²) in [5.41, 5.74) is 3.61. The number of rotatable bonds is 6. The highest BCUT2D eigenvalue weighted by atomic mass is 35.5. The molecule has 0 radical (unpaired) electrons. The van der Waals surface area contributed by atoms with Gasteiger partial charge in [0.25, 0.3) is 5.91 Å². The van der Waals surface area contributed by atoms with Gasteiger partial charge in [0.05, 0.1) is 10.2 Å². The average molecular weight is 421 g/mol. The van der Waals surface area contributed by atoms with Crippen LogP contribution in [0, 0.1) is 13.8 Å².